The second-order valence-corrected chi connectivity index (χ2v) is 3.52. The highest BCUT2D eigenvalue weighted by molar-refractivity contribution is 5.57. The maximum absolute atomic E-state index is 13.3. The molecule has 2 aromatic rings. The van der Waals surface area contributed by atoms with Gasteiger partial charge in [0.25, 0.3) is 0 Å². The summed E-state index contributed by atoms with van der Waals surface area (Å²) in [6.45, 7) is 1.84. The van der Waals surface area contributed by atoms with Gasteiger partial charge in [-0.3, -0.25) is 5.10 Å². The highest BCUT2D eigenvalue weighted by atomic mass is 19.1. The van der Waals surface area contributed by atoms with Crippen molar-refractivity contribution < 1.29 is 13.9 Å². The van der Waals surface area contributed by atoms with Crippen LogP contribution in [-0.2, 0) is 0 Å². The number of nitrogen functional groups attached to an aromatic ring is 1. The molecule has 0 spiro atoms. The van der Waals surface area contributed by atoms with Crippen LogP contribution in [0.25, 0.3) is 0 Å². The summed E-state index contributed by atoms with van der Waals surface area (Å²) in [4.78, 5) is 0. The van der Waals surface area contributed by atoms with Crippen LogP contribution < -0.4 is 15.2 Å². The normalized spacial score (nSPS) is 10.3. The molecule has 1 aromatic carbocycles. The molecule has 0 radical (unpaired) electrons. The van der Waals surface area contributed by atoms with Crippen LogP contribution in [0.3, 0.4) is 0 Å². The fourth-order valence-electron chi connectivity index (χ4n) is 1.35. The van der Waals surface area contributed by atoms with Crippen LogP contribution in [0, 0.1) is 12.7 Å². The number of hydrogen-bond donors (Lipinski definition) is 2. The van der Waals surface area contributed by atoms with Crippen molar-refractivity contribution in [2.75, 3.05) is 12.8 Å². The van der Waals surface area contributed by atoms with Crippen molar-refractivity contribution in [1.82, 2.24) is 10.2 Å². The molecule has 1 aromatic heterocycles. The van der Waals surface area contributed by atoms with E-state index in [1.54, 1.807) is 6.07 Å². The monoisotopic (exact) mass is 237 g/mol. The average Bonchev–Trinajstić information content (AvgIpc) is 2.68. The predicted molar refractivity (Wildman–Crippen MR) is 60.8 cm³/mol. The van der Waals surface area contributed by atoms with E-state index >= 15 is 0 Å². The lowest BCUT2D eigenvalue weighted by Crippen LogP contribution is -1.96. The van der Waals surface area contributed by atoms with E-state index in [1.165, 1.54) is 13.2 Å². The minimum absolute atomic E-state index is 0.0708. The van der Waals surface area contributed by atoms with Gasteiger partial charge in [-0.25, -0.2) is 4.39 Å². The second kappa shape index (κ2) is 4.32. The zero-order chi connectivity index (χ0) is 12.4. The number of aromatic nitrogens is 2. The van der Waals surface area contributed by atoms with Crippen LogP contribution in [0.4, 0.5) is 10.1 Å². The fourth-order valence-corrected chi connectivity index (χ4v) is 1.35. The number of hydrogen-bond acceptors (Lipinski definition) is 4. The minimum Gasteiger partial charge on any atom is -0.494 e. The quantitative estimate of drug-likeness (QED) is 0.803. The third-order valence-corrected chi connectivity index (χ3v) is 2.18. The number of ether oxygens (including phenoxy) is 2. The molecule has 0 bridgehead atoms. The Morgan fingerprint density at radius 1 is 1.29 bits per heavy atom. The van der Waals surface area contributed by atoms with Crippen LogP contribution >= 0.6 is 0 Å². The Bertz CT molecular complexity index is 540. The first-order valence-electron chi connectivity index (χ1n) is 4.93. The molecule has 17 heavy (non-hydrogen) atoms. The smallest absolute Gasteiger partial charge is 0.238 e. The summed E-state index contributed by atoms with van der Waals surface area (Å²) in [6.07, 6.45) is 0. The lowest BCUT2D eigenvalue weighted by molar-refractivity contribution is 0.381. The SMILES string of the molecule is COc1cc(Oc2cc(C)[nH]n2)c(N)cc1F. The van der Waals surface area contributed by atoms with E-state index in [4.69, 9.17) is 15.2 Å². The van der Waals surface area contributed by atoms with Crippen molar-refractivity contribution in [3.63, 3.8) is 0 Å². The van der Waals surface area contributed by atoms with Gasteiger partial charge in [-0.15, -0.1) is 5.10 Å². The standard InChI is InChI=1S/C11H12FN3O2/c1-6-3-11(15-14-6)17-10-5-9(16-2)7(12)4-8(10)13/h3-5H,13H2,1-2H3,(H,14,15). The molecule has 5 nitrogen and oxygen atoms in total. The van der Waals surface area contributed by atoms with Crippen LogP contribution in [0.15, 0.2) is 18.2 Å². The van der Waals surface area contributed by atoms with Crippen molar-refractivity contribution in [2.45, 2.75) is 6.92 Å². The Kier molecular flexibility index (Phi) is 2.86. The van der Waals surface area contributed by atoms with Gasteiger partial charge in [-0.1, -0.05) is 0 Å². The van der Waals surface area contributed by atoms with Gasteiger partial charge in [0, 0.05) is 23.9 Å². The topological polar surface area (TPSA) is 73.2 Å². The number of aromatic amines is 1. The molecule has 1 heterocycles. The molecule has 90 valence electrons. The van der Waals surface area contributed by atoms with E-state index in [9.17, 15) is 4.39 Å². The molecular weight excluding hydrogens is 225 g/mol. The molecular formula is C11H12FN3O2. The Labute approximate surface area is 97.3 Å². The van der Waals surface area contributed by atoms with Gasteiger partial charge >= 0.3 is 0 Å². The molecule has 0 aliphatic heterocycles. The number of methoxy groups -OCH3 is 1. The summed E-state index contributed by atoms with van der Waals surface area (Å²) in [5.74, 6) is 0.203. The highest BCUT2D eigenvalue weighted by Crippen LogP contribution is 2.32. The van der Waals surface area contributed by atoms with Crippen molar-refractivity contribution >= 4 is 5.69 Å². The van der Waals surface area contributed by atoms with Gasteiger partial charge in [0.2, 0.25) is 5.88 Å². The third-order valence-electron chi connectivity index (χ3n) is 2.18. The van der Waals surface area contributed by atoms with E-state index in [-0.39, 0.29) is 11.4 Å². The zero-order valence-electron chi connectivity index (χ0n) is 9.45. The zero-order valence-corrected chi connectivity index (χ0v) is 9.45. The number of nitrogens with zero attached hydrogens (tertiary/aromatic N) is 1. The van der Waals surface area contributed by atoms with Crippen LogP contribution in [0.1, 0.15) is 5.69 Å². The van der Waals surface area contributed by atoms with E-state index in [0.29, 0.717) is 11.6 Å². The van der Waals surface area contributed by atoms with Crippen LogP contribution in [0.5, 0.6) is 17.4 Å². The maximum Gasteiger partial charge on any atom is 0.238 e. The van der Waals surface area contributed by atoms with Gasteiger partial charge in [-0.2, -0.15) is 0 Å². The molecule has 6 heteroatoms. The molecule has 0 atom stereocenters. The van der Waals surface area contributed by atoms with Crippen molar-refractivity contribution in [1.29, 1.82) is 0 Å². The van der Waals surface area contributed by atoms with Gasteiger partial charge in [0.05, 0.1) is 12.8 Å². The first-order valence-corrected chi connectivity index (χ1v) is 4.93. The second-order valence-electron chi connectivity index (χ2n) is 3.52. The summed E-state index contributed by atoms with van der Waals surface area (Å²) in [5.41, 5.74) is 6.68. The lowest BCUT2D eigenvalue weighted by atomic mass is 10.2. The van der Waals surface area contributed by atoms with Crippen molar-refractivity contribution in [2.24, 2.45) is 0 Å². The largest absolute Gasteiger partial charge is 0.494 e. The molecule has 0 saturated heterocycles. The first kappa shape index (κ1) is 11.3. The molecule has 0 aliphatic carbocycles. The molecule has 2 rings (SSSR count). The maximum atomic E-state index is 13.3. The van der Waals surface area contributed by atoms with Crippen LogP contribution in [0.2, 0.25) is 0 Å². The molecule has 0 aliphatic rings. The van der Waals surface area contributed by atoms with E-state index in [0.717, 1.165) is 11.8 Å². The van der Waals surface area contributed by atoms with Gasteiger partial charge in [-0.05, 0) is 6.92 Å². The van der Waals surface area contributed by atoms with E-state index < -0.39 is 5.82 Å². The number of rotatable bonds is 3. The molecule has 0 amide bonds. The van der Waals surface area contributed by atoms with Crippen LogP contribution in [-0.4, -0.2) is 17.3 Å². The Morgan fingerprint density at radius 3 is 2.65 bits per heavy atom. The summed E-state index contributed by atoms with van der Waals surface area (Å²) in [5, 5.41) is 6.62. The Morgan fingerprint density at radius 2 is 2.06 bits per heavy atom. The molecule has 0 saturated carbocycles. The van der Waals surface area contributed by atoms with E-state index in [1.807, 2.05) is 6.92 Å². The Hall–Kier alpha value is -2.24. The number of nitrogens with one attached hydrogen (secondary N) is 1. The van der Waals surface area contributed by atoms with Gasteiger partial charge < -0.3 is 15.2 Å². The number of benzene rings is 1. The third kappa shape index (κ3) is 2.30. The number of anilines is 1. The summed E-state index contributed by atoms with van der Waals surface area (Å²) in [6, 6.07) is 4.23. The van der Waals surface area contributed by atoms with Gasteiger partial charge in [0.1, 0.15) is 0 Å². The lowest BCUT2D eigenvalue weighted by Gasteiger charge is -2.08. The van der Waals surface area contributed by atoms with E-state index in [2.05, 4.69) is 10.2 Å². The first-order chi connectivity index (χ1) is 8.10. The molecule has 0 unspecified atom stereocenters. The summed E-state index contributed by atoms with van der Waals surface area (Å²) < 4.78 is 23.5. The number of H-pyrrole nitrogens is 1. The van der Waals surface area contributed by atoms with Crippen molar-refractivity contribution in [3.8, 4) is 17.4 Å². The number of nitrogens with two attached hydrogens (primary N) is 1. The Balaban J connectivity index is 2.32. The number of halogens is 1. The highest BCUT2D eigenvalue weighted by Gasteiger charge is 2.11. The number of aryl methyl sites for hydroxylation is 1. The molecule has 3 N–H and O–H groups in total. The fraction of sp³-hybridized carbons (Fsp3) is 0.182. The minimum atomic E-state index is -0.532. The summed E-state index contributed by atoms with van der Waals surface area (Å²) >= 11 is 0. The average molecular weight is 237 g/mol. The predicted octanol–water partition coefficient (Wildman–Crippen LogP) is 2.24. The molecule has 0 fully saturated rings. The summed E-state index contributed by atoms with van der Waals surface area (Å²) in [7, 11) is 1.37. The van der Waals surface area contributed by atoms with Gasteiger partial charge in [0.15, 0.2) is 17.3 Å². The van der Waals surface area contributed by atoms with Crippen molar-refractivity contribution in [3.05, 3.63) is 29.7 Å².